The molecule has 0 radical (unpaired) electrons. The molecule has 106 valence electrons. The fraction of sp³-hybridized carbons (Fsp3) is 0.600. The standard InChI is InChI=1S/C15H22Cl2N2/c1-2-19(14-5-3-4-6-14)15(10-18)11-7-12(16)9-13(17)8-11/h7-9,14-15H,2-6,10,18H2,1H3. The van der Waals surface area contributed by atoms with Crippen LogP contribution in [0.5, 0.6) is 0 Å². The molecule has 19 heavy (non-hydrogen) atoms. The van der Waals surface area contributed by atoms with Gasteiger partial charge in [-0.2, -0.15) is 0 Å². The lowest BCUT2D eigenvalue weighted by Crippen LogP contribution is -2.40. The first-order chi connectivity index (χ1) is 9.15. The lowest BCUT2D eigenvalue weighted by Gasteiger charge is -2.35. The summed E-state index contributed by atoms with van der Waals surface area (Å²) in [6, 6.07) is 6.61. The maximum absolute atomic E-state index is 6.11. The first kappa shape index (κ1) is 15.1. The molecule has 0 aromatic heterocycles. The van der Waals surface area contributed by atoms with Crippen molar-refractivity contribution in [2.75, 3.05) is 13.1 Å². The van der Waals surface area contributed by atoms with Gasteiger partial charge in [-0.25, -0.2) is 0 Å². The van der Waals surface area contributed by atoms with Crippen molar-refractivity contribution in [3.05, 3.63) is 33.8 Å². The van der Waals surface area contributed by atoms with Crippen LogP contribution in [0.2, 0.25) is 10.0 Å². The number of benzene rings is 1. The zero-order valence-electron chi connectivity index (χ0n) is 11.4. The van der Waals surface area contributed by atoms with Crippen LogP contribution in [0, 0.1) is 0 Å². The van der Waals surface area contributed by atoms with Gasteiger partial charge in [-0.3, -0.25) is 4.90 Å². The van der Waals surface area contributed by atoms with Crippen LogP contribution >= 0.6 is 23.2 Å². The molecule has 0 saturated heterocycles. The number of hydrogen-bond acceptors (Lipinski definition) is 2. The molecule has 1 atom stereocenters. The molecule has 2 nitrogen and oxygen atoms in total. The molecule has 2 rings (SSSR count). The van der Waals surface area contributed by atoms with Crippen molar-refractivity contribution in [3.8, 4) is 0 Å². The van der Waals surface area contributed by atoms with Gasteiger partial charge in [0.05, 0.1) is 0 Å². The molecule has 1 saturated carbocycles. The highest BCUT2D eigenvalue weighted by Gasteiger charge is 2.28. The summed E-state index contributed by atoms with van der Waals surface area (Å²) in [6.45, 7) is 3.81. The van der Waals surface area contributed by atoms with E-state index in [1.807, 2.05) is 12.1 Å². The van der Waals surface area contributed by atoms with Crippen LogP contribution in [0.15, 0.2) is 18.2 Å². The summed E-state index contributed by atoms with van der Waals surface area (Å²) >= 11 is 12.2. The number of rotatable bonds is 5. The Kier molecular flexibility index (Phi) is 5.52. The van der Waals surface area contributed by atoms with Crippen LogP contribution in [0.25, 0.3) is 0 Å². The Morgan fingerprint density at radius 1 is 1.21 bits per heavy atom. The predicted molar refractivity (Wildman–Crippen MR) is 82.9 cm³/mol. The monoisotopic (exact) mass is 300 g/mol. The molecule has 0 heterocycles. The van der Waals surface area contributed by atoms with Gasteiger partial charge in [0.1, 0.15) is 0 Å². The van der Waals surface area contributed by atoms with Crippen LogP contribution in [0.1, 0.15) is 44.2 Å². The van der Waals surface area contributed by atoms with Crippen LogP contribution in [-0.4, -0.2) is 24.0 Å². The van der Waals surface area contributed by atoms with Gasteiger partial charge in [-0.15, -0.1) is 0 Å². The average molecular weight is 301 g/mol. The Morgan fingerprint density at radius 3 is 2.26 bits per heavy atom. The van der Waals surface area contributed by atoms with E-state index in [0.717, 1.165) is 12.1 Å². The average Bonchev–Trinajstić information content (AvgIpc) is 2.87. The van der Waals surface area contributed by atoms with Crippen molar-refractivity contribution in [3.63, 3.8) is 0 Å². The van der Waals surface area contributed by atoms with Gasteiger partial charge in [0, 0.05) is 28.7 Å². The zero-order valence-corrected chi connectivity index (χ0v) is 12.9. The minimum absolute atomic E-state index is 0.212. The third-order valence-electron chi connectivity index (χ3n) is 4.05. The highest BCUT2D eigenvalue weighted by Crippen LogP contribution is 2.32. The highest BCUT2D eigenvalue weighted by molar-refractivity contribution is 6.34. The molecule has 1 unspecified atom stereocenters. The van der Waals surface area contributed by atoms with E-state index in [1.165, 1.54) is 25.7 Å². The summed E-state index contributed by atoms with van der Waals surface area (Å²) in [6.07, 6.45) is 5.21. The minimum atomic E-state index is 0.212. The maximum Gasteiger partial charge on any atom is 0.0474 e. The number of nitrogens with zero attached hydrogens (tertiary/aromatic N) is 1. The van der Waals surface area contributed by atoms with Gasteiger partial charge in [0.15, 0.2) is 0 Å². The topological polar surface area (TPSA) is 29.3 Å². The molecule has 1 fully saturated rings. The maximum atomic E-state index is 6.11. The van der Waals surface area contributed by atoms with Gasteiger partial charge in [0.25, 0.3) is 0 Å². The normalized spacial score (nSPS) is 18.2. The van der Waals surface area contributed by atoms with E-state index in [9.17, 15) is 0 Å². The summed E-state index contributed by atoms with van der Waals surface area (Å²) in [5, 5.41) is 1.37. The molecule has 0 spiro atoms. The van der Waals surface area contributed by atoms with Crippen LogP contribution < -0.4 is 5.73 Å². The van der Waals surface area contributed by atoms with Crippen LogP contribution in [-0.2, 0) is 0 Å². The first-order valence-electron chi connectivity index (χ1n) is 7.07. The second-order valence-corrected chi connectivity index (χ2v) is 6.10. The second kappa shape index (κ2) is 6.94. The van der Waals surface area contributed by atoms with Gasteiger partial charge >= 0.3 is 0 Å². The second-order valence-electron chi connectivity index (χ2n) is 5.22. The molecule has 1 aromatic rings. The van der Waals surface area contributed by atoms with E-state index in [2.05, 4.69) is 11.8 Å². The van der Waals surface area contributed by atoms with E-state index in [-0.39, 0.29) is 6.04 Å². The third-order valence-corrected chi connectivity index (χ3v) is 4.49. The van der Waals surface area contributed by atoms with Crippen molar-refractivity contribution >= 4 is 23.2 Å². The molecular weight excluding hydrogens is 279 g/mol. The third kappa shape index (κ3) is 3.63. The minimum Gasteiger partial charge on any atom is -0.329 e. The molecule has 1 aliphatic carbocycles. The quantitative estimate of drug-likeness (QED) is 0.880. The Balaban J connectivity index is 2.25. The van der Waals surface area contributed by atoms with Gasteiger partial charge in [-0.1, -0.05) is 43.0 Å². The fourth-order valence-electron chi connectivity index (χ4n) is 3.20. The highest BCUT2D eigenvalue weighted by atomic mass is 35.5. The molecule has 4 heteroatoms. The SMILES string of the molecule is CCN(C1CCCC1)C(CN)c1cc(Cl)cc(Cl)c1. The Morgan fingerprint density at radius 2 is 1.79 bits per heavy atom. The van der Waals surface area contributed by atoms with E-state index in [4.69, 9.17) is 28.9 Å². The smallest absolute Gasteiger partial charge is 0.0474 e. The Hall–Kier alpha value is -0.280. The predicted octanol–water partition coefficient (Wildman–Crippen LogP) is 4.26. The fourth-order valence-corrected chi connectivity index (χ4v) is 3.74. The molecule has 0 amide bonds. The van der Waals surface area contributed by atoms with Crippen molar-refractivity contribution in [1.29, 1.82) is 0 Å². The molecule has 2 N–H and O–H groups in total. The molecule has 1 aromatic carbocycles. The number of hydrogen-bond donors (Lipinski definition) is 1. The summed E-state index contributed by atoms with van der Waals surface area (Å²) in [5.41, 5.74) is 7.15. The van der Waals surface area contributed by atoms with Crippen molar-refractivity contribution in [1.82, 2.24) is 4.90 Å². The zero-order chi connectivity index (χ0) is 13.8. The van der Waals surface area contributed by atoms with E-state index in [0.29, 0.717) is 22.6 Å². The Bertz CT molecular complexity index is 396. The van der Waals surface area contributed by atoms with Gasteiger partial charge in [-0.05, 0) is 43.1 Å². The van der Waals surface area contributed by atoms with E-state index in [1.54, 1.807) is 6.07 Å². The Labute approximate surface area is 125 Å². The number of likely N-dealkylation sites (N-methyl/N-ethyl adjacent to an activating group) is 1. The van der Waals surface area contributed by atoms with Crippen LogP contribution in [0.4, 0.5) is 0 Å². The number of halogens is 2. The molecule has 0 aliphatic heterocycles. The van der Waals surface area contributed by atoms with Crippen molar-refractivity contribution < 1.29 is 0 Å². The van der Waals surface area contributed by atoms with Crippen LogP contribution in [0.3, 0.4) is 0 Å². The van der Waals surface area contributed by atoms with Gasteiger partial charge in [0.2, 0.25) is 0 Å². The lowest BCUT2D eigenvalue weighted by atomic mass is 10.0. The summed E-state index contributed by atoms with van der Waals surface area (Å²) in [7, 11) is 0. The summed E-state index contributed by atoms with van der Waals surface area (Å²) in [4.78, 5) is 2.51. The van der Waals surface area contributed by atoms with Gasteiger partial charge < -0.3 is 5.73 Å². The number of nitrogens with two attached hydrogens (primary N) is 1. The van der Waals surface area contributed by atoms with E-state index < -0.39 is 0 Å². The first-order valence-corrected chi connectivity index (χ1v) is 7.83. The molecular formula is C15H22Cl2N2. The van der Waals surface area contributed by atoms with Crippen molar-refractivity contribution in [2.24, 2.45) is 5.73 Å². The summed E-state index contributed by atoms with van der Waals surface area (Å²) in [5.74, 6) is 0. The largest absolute Gasteiger partial charge is 0.329 e. The summed E-state index contributed by atoms with van der Waals surface area (Å²) < 4.78 is 0. The van der Waals surface area contributed by atoms with E-state index >= 15 is 0 Å². The lowest BCUT2D eigenvalue weighted by molar-refractivity contribution is 0.147. The molecule has 0 bridgehead atoms. The van der Waals surface area contributed by atoms with Crippen molar-refractivity contribution in [2.45, 2.75) is 44.7 Å². The molecule has 1 aliphatic rings.